The second-order valence-corrected chi connectivity index (χ2v) is 5.56. The number of carbonyl (C=O) groups excluding carboxylic acids is 1. The van der Waals surface area contributed by atoms with Crippen LogP contribution in [0.3, 0.4) is 0 Å². The van der Waals surface area contributed by atoms with E-state index in [1.807, 2.05) is 36.4 Å². The summed E-state index contributed by atoms with van der Waals surface area (Å²) in [4.78, 5) is 14.6. The van der Waals surface area contributed by atoms with E-state index in [1.54, 1.807) is 0 Å². The summed E-state index contributed by atoms with van der Waals surface area (Å²) in [6, 6.07) is 15.7. The predicted octanol–water partition coefficient (Wildman–Crippen LogP) is 4.47. The molecule has 0 aliphatic heterocycles. The molecule has 0 radical (unpaired) electrons. The van der Waals surface area contributed by atoms with Crippen molar-refractivity contribution in [2.24, 2.45) is 0 Å². The first-order valence-electron chi connectivity index (χ1n) is 6.71. The van der Waals surface area contributed by atoms with Crippen molar-refractivity contribution < 1.29 is 4.79 Å². The fourth-order valence-corrected chi connectivity index (χ4v) is 2.74. The highest BCUT2D eigenvalue weighted by molar-refractivity contribution is 9.10. The maximum Gasteiger partial charge on any atom is 0.183 e. The first-order chi connectivity index (χ1) is 9.63. The molecule has 0 unspecified atom stereocenters. The molecule has 2 rings (SSSR count). The molecule has 0 atom stereocenters. The van der Waals surface area contributed by atoms with Gasteiger partial charge in [0.05, 0.1) is 6.54 Å². The molecule has 0 saturated heterocycles. The number of rotatable bonds is 5. The van der Waals surface area contributed by atoms with E-state index in [4.69, 9.17) is 0 Å². The molecule has 2 aromatic rings. The van der Waals surface area contributed by atoms with Gasteiger partial charge < -0.3 is 4.90 Å². The van der Waals surface area contributed by atoms with E-state index in [0.29, 0.717) is 6.54 Å². The zero-order chi connectivity index (χ0) is 14.5. The van der Waals surface area contributed by atoms with Crippen LogP contribution in [0.4, 0.5) is 5.69 Å². The number of hydrogen-bond acceptors (Lipinski definition) is 2. The van der Waals surface area contributed by atoms with Gasteiger partial charge in [-0.2, -0.15) is 0 Å². The van der Waals surface area contributed by atoms with E-state index in [1.165, 1.54) is 5.56 Å². The normalized spacial score (nSPS) is 10.3. The van der Waals surface area contributed by atoms with Crippen LogP contribution in [0, 0.1) is 6.92 Å². The Morgan fingerprint density at radius 2 is 1.75 bits per heavy atom. The van der Waals surface area contributed by atoms with Gasteiger partial charge in [-0.05, 0) is 31.5 Å². The summed E-state index contributed by atoms with van der Waals surface area (Å²) in [5, 5.41) is 0. The molecule has 0 heterocycles. The maximum absolute atomic E-state index is 12.4. The van der Waals surface area contributed by atoms with Gasteiger partial charge in [-0.3, -0.25) is 4.79 Å². The zero-order valence-corrected chi connectivity index (χ0v) is 13.4. The molecule has 2 aromatic carbocycles. The van der Waals surface area contributed by atoms with E-state index < -0.39 is 0 Å². The Balaban J connectivity index is 2.21. The molecule has 0 fully saturated rings. The molecule has 2 nitrogen and oxygen atoms in total. The van der Waals surface area contributed by atoms with E-state index in [-0.39, 0.29) is 5.78 Å². The van der Waals surface area contributed by atoms with Crippen LogP contribution in [0.2, 0.25) is 0 Å². The third-order valence-corrected chi connectivity index (χ3v) is 4.04. The second kappa shape index (κ2) is 6.71. The number of anilines is 1. The Morgan fingerprint density at radius 1 is 1.10 bits per heavy atom. The Morgan fingerprint density at radius 3 is 2.40 bits per heavy atom. The Bertz CT molecular complexity index is 609. The van der Waals surface area contributed by atoms with Gasteiger partial charge in [0, 0.05) is 22.3 Å². The minimum Gasteiger partial charge on any atom is -0.364 e. The first-order valence-corrected chi connectivity index (χ1v) is 7.51. The smallest absolute Gasteiger partial charge is 0.183 e. The highest BCUT2D eigenvalue weighted by atomic mass is 79.9. The number of hydrogen-bond donors (Lipinski definition) is 0. The molecular formula is C17H18BrNO. The first kappa shape index (κ1) is 14.8. The fraction of sp³-hybridized carbons (Fsp3) is 0.235. The minimum absolute atomic E-state index is 0.127. The molecule has 0 amide bonds. The van der Waals surface area contributed by atoms with Crippen LogP contribution in [-0.4, -0.2) is 18.9 Å². The van der Waals surface area contributed by atoms with Gasteiger partial charge in [0.1, 0.15) is 0 Å². The summed E-state index contributed by atoms with van der Waals surface area (Å²) in [6.07, 6.45) is 0. The van der Waals surface area contributed by atoms with Crippen molar-refractivity contribution in [3.8, 4) is 0 Å². The largest absolute Gasteiger partial charge is 0.364 e. The number of aryl methyl sites for hydroxylation is 1. The summed E-state index contributed by atoms with van der Waals surface area (Å²) in [7, 11) is 0. The second-order valence-electron chi connectivity index (χ2n) is 4.70. The molecular weight excluding hydrogens is 314 g/mol. The van der Waals surface area contributed by atoms with Crippen molar-refractivity contribution in [3.05, 3.63) is 64.1 Å². The molecule has 0 aromatic heterocycles. The van der Waals surface area contributed by atoms with Gasteiger partial charge in [-0.1, -0.05) is 52.3 Å². The summed E-state index contributed by atoms with van der Waals surface area (Å²) in [6.45, 7) is 5.34. The monoisotopic (exact) mass is 331 g/mol. The van der Waals surface area contributed by atoms with Crippen molar-refractivity contribution in [3.63, 3.8) is 0 Å². The van der Waals surface area contributed by atoms with Crippen LogP contribution in [0.15, 0.2) is 53.0 Å². The molecule has 0 spiro atoms. The third kappa shape index (κ3) is 3.28. The van der Waals surface area contributed by atoms with E-state index >= 15 is 0 Å². The van der Waals surface area contributed by atoms with Crippen LogP contribution in [0.25, 0.3) is 0 Å². The number of Topliss-reactive ketones (excluding diaryl/α,β-unsaturated/α-hetero) is 1. The SMILES string of the molecule is CCN(CC(=O)c1ccccc1Br)c1ccccc1C. The average molecular weight is 332 g/mol. The summed E-state index contributed by atoms with van der Waals surface area (Å²) in [5.74, 6) is 0.127. The Kier molecular flexibility index (Phi) is 4.96. The van der Waals surface area contributed by atoms with Gasteiger partial charge >= 0.3 is 0 Å². The van der Waals surface area contributed by atoms with Gasteiger partial charge in [-0.25, -0.2) is 0 Å². The lowest BCUT2D eigenvalue weighted by Gasteiger charge is -2.24. The summed E-state index contributed by atoms with van der Waals surface area (Å²) >= 11 is 3.44. The average Bonchev–Trinajstić information content (AvgIpc) is 2.46. The molecule has 0 bridgehead atoms. The van der Waals surface area contributed by atoms with Gasteiger partial charge in [0.15, 0.2) is 5.78 Å². The number of nitrogens with zero attached hydrogens (tertiary/aromatic N) is 1. The minimum atomic E-state index is 0.127. The lowest BCUT2D eigenvalue weighted by atomic mass is 10.1. The number of carbonyl (C=O) groups is 1. The highest BCUT2D eigenvalue weighted by Crippen LogP contribution is 2.21. The van der Waals surface area contributed by atoms with E-state index in [2.05, 4.69) is 46.8 Å². The van der Waals surface area contributed by atoms with Crippen LogP contribution in [0.5, 0.6) is 0 Å². The molecule has 0 saturated carbocycles. The Labute approximate surface area is 128 Å². The molecule has 3 heteroatoms. The van der Waals surface area contributed by atoms with E-state index in [0.717, 1.165) is 22.3 Å². The molecule has 0 aliphatic carbocycles. The molecule has 104 valence electrons. The lowest BCUT2D eigenvalue weighted by molar-refractivity contribution is 0.0998. The highest BCUT2D eigenvalue weighted by Gasteiger charge is 2.15. The number of ketones is 1. The molecule has 0 aliphatic rings. The predicted molar refractivity (Wildman–Crippen MR) is 87.5 cm³/mol. The van der Waals surface area contributed by atoms with Crippen molar-refractivity contribution in [1.82, 2.24) is 0 Å². The van der Waals surface area contributed by atoms with Crippen LogP contribution < -0.4 is 4.90 Å². The van der Waals surface area contributed by atoms with Gasteiger partial charge in [0.2, 0.25) is 0 Å². The van der Waals surface area contributed by atoms with Gasteiger partial charge in [0.25, 0.3) is 0 Å². The van der Waals surface area contributed by atoms with Crippen LogP contribution in [-0.2, 0) is 0 Å². The standard InChI is InChI=1S/C17H18BrNO/c1-3-19(16-11-7-4-8-13(16)2)12-17(20)14-9-5-6-10-15(14)18/h4-11H,3,12H2,1-2H3. The summed E-state index contributed by atoms with van der Waals surface area (Å²) in [5.41, 5.74) is 3.05. The zero-order valence-electron chi connectivity index (χ0n) is 11.8. The maximum atomic E-state index is 12.4. The van der Waals surface area contributed by atoms with Crippen molar-refractivity contribution >= 4 is 27.4 Å². The quantitative estimate of drug-likeness (QED) is 0.753. The molecule has 20 heavy (non-hydrogen) atoms. The van der Waals surface area contributed by atoms with Gasteiger partial charge in [-0.15, -0.1) is 0 Å². The summed E-state index contributed by atoms with van der Waals surface area (Å²) < 4.78 is 0.853. The third-order valence-electron chi connectivity index (χ3n) is 3.35. The van der Waals surface area contributed by atoms with Crippen molar-refractivity contribution in [1.29, 1.82) is 0 Å². The Hall–Kier alpha value is -1.61. The number of likely N-dealkylation sites (N-methyl/N-ethyl adjacent to an activating group) is 1. The number of para-hydroxylation sites is 1. The van der Waals surface area contributed by atoms with Crippen molar-refractivity contribution in [2.45, 2.75) is 13.8 Å². The van der Waals surface area contributed by atoms with Crippen molar-refractivity contribution in [2.75, 3.05) is 18.0 Å². The van der Waals surface area contributed by atoms with E-state index in [9.17, 15) is 4.79 Å². The lowest BCUT2D eigenvalue weighted by Crippen LogP contribution is -2.30. The molecule has 0 N–H and O–H groups in total. The number of halogens is 1. The topological polar surface area (TPSA) is 20.3 Å². The van der Waals surface area contributed by atoms with Crippen LogP contribution in [0.1, 0.15) is 22.8 Å². The van der Waals surface area contributed by atoms with Crippen LogP contribution >= 0.6 is 15.9 Å². The number of benzene rings is 2. The fourth-order valence-electron chi connectivity index (χ4n) is 2.23.